The van der Waals surface area contributed by atoms with Crippen molar-refractivity contribution in [1.29, 1.82) is 0 Å². The summed E-state index contributed by atoms with van der Waals surface area (Å²) < 4.78 is 0. The summed E-state index contributed by atoms with van der Waals surface area (Å²) >= 11 is 0. The van der Waals surface area contributed by atoms with E-state index < -0.39 is 16.8 Å². The molecule has 2 aromatic rings. The van der Waals surface area contributed by atoms with Crippen LogP contribution in [0.4, 0.5) is 5.69 Å². The predicted octanol–water partition coefficient (Wildman–Crippen LogP) is 2.59. The molecule has 1 amide bonds. The summed E-state index contributed by atoms with van der Waals surface area (Å²) in [5, 5.41) is 23.5. The second-order valence-corrected chi connectivity index (χ2v) is 5.06. The lowest BCUT2D eigenvalue weighted by molar-refractivity contribution is -0.384. The zero-order valence-corrected chi connectivity index (χ0v) is 13.1. The minimum Gasteiger partial charge on any atom is -0.481 e. The van der Waals surface area contributed by atoms with Gasteiger partial charge in [-0.2, -0.15) is 5.10 Å². The van der Waals surface area contributed by atoms with Crippen molar-refractivity contribution in [2.24, 2.45) is 5.10 Å². The van der Waals surface area contributed by atoms with E-state index in [2.05, 4.69) is 10.5 Å². The minimum absolute atomic E-state index is 0.119. The molecule has 0 saturated heterocycles. The van der Waals surface area contributed by atoms with Crippen molar-refractivity contribution in [3.63, 3.8) is 0 Å². The predicted molar refractivity (Wildman–Crippen MR) is 90.4 cm³/mol. The molecule has 0 aliphatic rings. The van der Waals surface area contributed by atoms with Crippen LogP contribution in [0.2, 0.25) is 0 Å². The van der Waals surface area contributed by atoms with E-state index in [-0.39, 0.29) is 24.1 Å². The van der Waals surface area contributed by atoms with Crippen LogP contribution in [0.1, 0.15) is 28.8 Å². The van der Waals surface area contributed by atoms with Crippen LogP contribution in [-0.4, -0.2) is 27.6 Å². The molecule has 8 nitrogen and oxygen atoms in total. The molecule has 2 aromatic carbocycles. The molecule has 0 fully saturated rings. The molecule has 0 aromatic heterocycles. The van der Waals surface area contributed by atoms with E-state index >= 15 is 0 Å². The SMILES string of the molecule is O=C(O)CC/C(=N/NC(=O)c1ccc([N+](=O)[O-])cc1)c1ccccc1. The smallest absolute Gasteiger partial charge is 0.303 e. The number of amides is 1. The van der Waals surface area contributed by atoms with E-state index in [0.29, 0.717) is 11.3 Å². The van der Waals surface area contributed by atoms with Crippen molar-refractivity contribution in [3.05, 3.63) is 75.8 Å². The summed E-state index contributed by atoms with van der Waals surface area (Å²) in [4.78, 5) is 32.9. The van der Waals surface area contributed by atoms with Gasteiger partial charge in [-0.3, -0.25) is 19.7 Å². The van der Waals surface area contributed by atoms with Gasteiger partial charge in [0.2, 0.25) is 0 Å². The number of benzene rings is 2. The number of aliphatic carboxylic acids is 1. The number of non-ortho nitro benzene ring substituents is 1. The highest BCUT2D eigenvalue weighted by molar-refractivity contribution is 6.03. The number of hydrogen-bond donors (Lipinski definition) is 2. The van der Waals surface area contributed by atoms with Crippen molar-refractivity contribution in [2.75, 3.05) is 0 Å². The zero-order chi connectivity index (χ0) is 18.2. The molecule has 0 heterocycles. The number of rotatable bonds is 7. The molecule has 0 aliphatic heterocycles. The van der Waals surface area contributed by atoms with Gasteiger partial charge in [-0.1, -0.05) is 30.3 Å². The quantitative estimate of drug-likeness (QED) is 0.455. The normalized spacial score (nSPS) is 11.0. The van der Waals surface area contributed by atoms with Gasteiger partial charge in [-0.15, -0.1) is 0 Å². The van der Waals surface area contributed by atoms with Crippen molar-refractivity contribution >= 4 is 23.3 Å². The van der Waals surface area contributed by atoms with Gasteiger partial charge in [-0.05, 0) is 17.7 Å². The largest absolute Gasteiger partial charge is 0.481 e. The van der Waals surface area contributed by atoms with Crippen molar-refractivity contribution < 1.29 is 19.6 Å². The van der Waals surface area contributed by atoms with Gasteiger partial charge < -0.3 is 5.11 Å². The van der Waals surface area contributed by atoms with E-state index in [1.54, 1.807) is 24.3 Å². The number of carbonyl (C=O) groups is 2. The third kappa shape index (κ3) is 5.24. The van der Waals surface area contributed by atoms with Crippen LogP contribution in [-0.2, 0) is 4.79 Å². The third-order valence-corrected chi connectivity index (χ3v) is 3.32. The first-order chi connectivity index (χ1) is 12.0. The van der Waals surface area contributed by atoms with Gasteiger partial charge in [0.25, 0.3) is 11.6 Å². The number of nitro benzene ring substituents is 1. The molecular formula is C17H15N3O5. The molecule has 0 spiro atoms. The lowest BCUT2D eigenvalue weighted by Gasteiger charge is -2.06. The van der Waals surface area contributed by atoms with E-state index in [4.69, 9.17) is 5.11 Å². The first kappa shape index (κ1) is 17.8. The van der Waals surface area contributed by atoms with Gasteiger partial charge in [0, 0.05) is 24.1 Å². The van der Waals surface area contributed by atoms with Crippen molar-refractivity contribution in [3.8, 4) is 0 Å². The highest BCUT2D eigenvalue weighted by Crippen LogP contribution is 2.12. The van der Waals surface area contributed by atoms with Gasteiger partial charge in [0.15, 0.2) is 0 Å². The number of nitro groups is 1. The second-order valence-electron chi connectivity index (χ2n) is 5.06. The van der Waals surface area contributed by atoms with Crippen molar-refractivity contribution in [1.82, 2.24) is 5.43 Å². The van der Waals surface area contributed by atoms with E-state index in [1.807, 2.05) is 6.07 Å². The molecular weight excluding hydrogens is 326 g/mol. The molecule has 2 N–H and O–H groups in total. The molecule has 0 saturated carbocycles. The Morgan fingerprint density at radius 2 is 1.64 bits per heavy atom. The number of carbonyl (C=O) groups excluding carboxylic acids is 1. The molecule has 0 aliphatic carbocycles. The van der Waals surface area contributed by atoms with Crippen LogP contribution in [0, 0.1) is 10.1 Å². The fourth-order valence-electron chi connectivity index (χ4n) is 2.04. The van der Waals surface area contributed by atoms with Gasteiger partial charge in [0.1, 0.15) is 0 Å². The lowest BCUT2D eigenvalue weighted by Crippen LogP contribution is -2.20. The summed E-state index contributed by atoms with van der Waals surface area (Å²) in [5.41, 5.74) is 3.58. The zero-order valence-electron chi connectivity index (χ0n) is 13.1. The summed E-state index contributed by atoms with van der Waals surface area (Å²) in [6.07, 6.45) is 0.0288. The molecule has 0 bridgehead atoms. The minimum atomic E-state index is -0.967. The molecule has 8 heteroatoms. The number of hydrogen-bond acceptors (Lipinski definition) is 5. The average molecular weight is 341 g/mol. The molecule has 0 unspecified atom stereocenters. The van der Waals surface area contributed by atoms with Crippen molar-refractivity contribution in [2.45, 2.75) is 12.8 Å². The third-order valence-electron chi connectivity index (χ3n) is 3.32. The van der Waals surface area contributed by atoms with Gasteiger partial charge in [0.05, 0.1) is 17.1 Å². The van der Waals surface area contributed by atoms with Crippen LogP contribution in [0.3, 0.4) is 0 Å². The summed E-state index contributed by atoms with van der Waals surface area (Å²) in [7, 11) is 0. The van der Waals surface area contributed by atoms with Crippen LogP contribution in [0.15, 0.2) is 59.7 Å². The summed E-state index contributed by atoms with van der Waals surface area (Å²) in [5.74, 6) is -1.51. The Labute approximate surface area is 142 Å². The Balaban J connectivity index is 2.14. The average Bonchev–Trinajstić information content (AvgIpc) is 2.62. The van der Waals surface area contributed by atoms with Crippen LogP contribution < -0.4 is 5.43 Å². The Hall–Kier alpha value is -3.55. The number of carboxylic acid groups (broad SMARTS) is 1. The van der Waals surface area contributed by atoms with E-state index in [0.717, 1.165) is 0 Å². The molecule has 25 heavy (non-hydrogen) atoms. The first-order valence-corrected chi connectivity index (χ1v) is 7.36. The van der Waals surface area contributed by atoms with Crippen LogP contribution in [0.5, 0.6) is 0 Å². The monoisotopic (exact) mass is 341 g/mol. The summed E-state index contributed by atoms with van der Waals surface area (Å²) in [6, 6.07) is 14.0. The highest BCUT2D eigenvalue weighted by Gasteiger charge is 2.11. The fourth-order valence-corrected chi connectivity index (χ4v) is 2.04. The maximum Gasteiger partial charge on any atom is 0.303 e. The maximum absolute atomic E-state index is 12.1. The Kier molecular flexibility index (Phi) is 5.94. The van der Waals surface area contributed by atoms with Gasteiger partial charge >= 0.3 is 5.97 Å². The molecule has 2 rings (SSSR count). The highest BCUT2D eigenvalue weighted by atomic mass is 16.6. The van der Waals surface area contributed by atoms with E-state index in [1.165, 1.54) is 24.3 Å². The molecule has 128 valence electrons. The molecule has 0 radical (unpaired) electrons. The number of nitrogens with one attached hydrogen (secondary N) is 1. The van der Waals surface area contributed by atoms with Gasteiger partial charge in [-0.25, -0.2) is 5.43 Å². The first-order valence-electron chi connectivity index (χ1n) is 7.36. The Bertz CT molecular complexity index is 801. The Morgan fingerprint density at radius 3 is 2.20 bits per heavy atom. The van der Waals surface area contributed by atoms with E-state index in [9.17, 15) is 19.7 Å². The number of carboxylic acids is 1. The number of hydrazone groups is 1. The lowest BCUT2D eigenvalue weighted by atomic mass is 10.1. The summed E-state index contributed by atoms with van der Waals surface area (Å²) in [6.45, 7) is 0. The fraction of sp³-hybridized carbons (Fsp3) is 0.118. The topological polar surface area (TPSA) is 122 Å². The standard InChI is InChI=1S/C17H15N3O5/c21-16(22)11-10-15(12-4-2-1-3-5-12)18-19-17(23)13-6-8-14(9-7-13)20(24)25/h1-9H,10-11H2,(H,19,23)(H,21,22)/b18-15-. The number of nitrogens with zero attached hydrogens (tertiary/aromatic N) is 2. The maximum atomic E-state index is 12.1. The Morgan fingerprint density at radius 1 is 1.00 bits per heavy atom. The second kappa shape index (κ2) is 8.34. The molecule has 0 atom stereocenters. The van der Waals surface area contributed by atoms with Crippen LogP contribution in [0.25, 0.3) is 0 Å². The van der Waals surface area contributed by atoms with Crippen LogP contribution >= 0.6 is 0 Å².